The molecular formula is C23H25N3O3. The molecule has 0 atom stereocenters. The summed E-state index contributed by atoms with van der Waals surface area (Å²) in [6.45, 7) is 6.11. The molecule has 3 amide bonds. The zero-order valence-corrected chi connectivity index (χ0v) is 16.6. The van der Waals surface area contributed by atoms with Crippen molar-refractivity contribution in [3.8, 4) is 0 Å². The summed E-state index contributed by atoms with van der Waals surface area (Å²) in [6, 6.07) is 15.3. The zero-order valence-electron chi connectivity index (χ0n) is 16.6. The van der Waals surface area contributed by atoms with Crippen LogP contribution in [0, 0.1) is 6.92 Å². The first kappa shape index (κ1) is 19.3. The molecule has 0 spiro atoms. The highest BCUT2D eigenvalue weighted by molar-refractivity contribution is 6.21. The molecule has 0 aromatic heterocycles. The van der Waals surface area contributed by atoms with Crippen LogP contribution in [0.3, 0.4) is 0 Å². The highest BCUT2D eigenvalue weighted by Crippen LogP contribution is 2.22. The van der Waals surface area contributed by atoms with E-state index in [9.17, 15) is 14.4 Å². The minimum absolute atomic E-state index is 0.00300. The Balaban J connectivity index is 1.26. The van der Waals surface area contributed by atoms with Gasteiger partial charge in [-0.1, -0.05) is 42.0 Å². The summed E-state index contributed by atoms with van der Waals surface area (Å²) in [6.07, 6.45) is 0.170. The molecule has 0 N–H and O–H groups in total. The molecule has 0 radical (unpaired) electrons. The number of nitrogens with zero attached hydrogens (tertiary/aromatic N) is 3. The summed E-state index contributed by atoms with van der Waals surface area (Å²) in [5.74, 6) is -0.612. The van der Waals surface area contributed by atoms with Gasteiger partial charge in [0.2, 0.25) is 5.91 Å². The Hall–Kier alpha value is -2.99. The van der Waals surface area contributed by atoms with Crippen LogP contribution in [0.25, 0.3) is 0 Å². The van der Waals surface area contributed by atoms with Crippen molar-refractivity contribution in [1.29, 1.82) is 0 Å². The quantitative estimate of drug-likeness (QED) is 0.734. The number of hydrogen-bond donors (Lipinski definition) is 0. The van der Waals surface area contributed by atoms with Gasteiger partial charge in [0.05, 0.1) is 11.1 Å². The molecule has 1 fully saturated rings. The molecule has 2 aliphatic heterocycles. The fraction of sp³-hybridized carbons (Fsp3) is 0.348. The van der Waals surface area contributed by atoms with Crippen LogP contribution in [0.5, 0.6) is 0 Å². The Morgan fingerprint density at radius 1 is 0.897 bits per heavy atom. The summed E-state index contributed by atoms with van der Waals surface area (Å²) in [5, 5.41) is 0. The smallest absolute Gasteiger partial charge is 0.261 e. The van der Waals surface area contributed by atoms with Crippen molar-refractivity contribution >= 4 is 17.7 Å². The third-order valence-electron chi connectivity index (χ3n) is 5.64. The lowest BCUT2D eigenvalue weighted by Gasteiger charge is -2.35. The molecule has 2 aromatic rings. The number of aryl methyl sites for hydroxylation is 1. The maximum absolute atomic E-state index is 12.6. The number of benzene rings is 2. The Kier molecular flexibility index (Phi) is 5.45. The molecule has 2 heterocycles. The minimum atomic E-state index is -0.304. The van der Waals surface area contributed by atoms with Crippen molar-refractivity contribution < 1.29 is 14.4 Å². The van der Waals surface area contributed by atoms with E-state index in [0.29, 0.717) is 24.2 Å². The van der Waals surface area contributed by atoms with E-state index in [0.717, 1.165) is 19.6 Å². The number of carbonyl (C=O) groups excluding carboxylic acids is 3. The van der Waals surface area contributed by atoms with Crippen LogP contribution in [0.4, 0.5) is 0 Å². The number of imide groups is 1. The number of amides is 3. The fourth-order valence-corrected chi connectivity index (χ4v) is 4.03. The van der Waals surface area contributed by atoms with E-state index in [1.807, 2.05) is 4.90 Å². The first-order valence-electron chi connectivity index (χ1n) is 10.0. The monoisotopic (exact) mass is 391 g/mol. The maximum atomic E-state index is 12.6. The van der Waals surface area contributed by atoms with Gasteiger partial charge in [0.15, 0.2) is 0 Å². The molecule has 0 aliphatic carbocycles. The second-order valence-corrected chi connectivity index (χ2v) is 7.70. The second-order valence-electron chi connectivity index (χ2n) is 7.70. The molecule has 29 heavy (non-hydrogen) atoms. The lowest BCUT2D eigenvalue weighted by Crippen LogP contribution is -2.49. The third-order valence-corrected chi connectivity index (χ3v) is 5.64. The predicted octanol–water partition coefficient (Wildman–Crippen LogP) is 2.33. The Morgan fingerprint density at radius 3 is 2.17 bits per heavy atom. The third kappa shape index (κ3) is 4.07. The van der Waals surface area contributed by atoms with Gasteiger partial charge in [-0.3, -0.25) is 24.2 Å². The highest BCUT2D eigenvalue weighted by atomic mass is 16.2. The number of fused-ring (bicyclic) bond motifs is 1. The molecule has 6 nitrogen and oxygen atoms in total. The van der Waals surface area contributed by atoms with Crippen LogP contribution < -0.4 is 0 Å². The molecule has 2 aromatic carbocycles. The molecular weight excluding hydrogens is 366 g/mol. The summed E-state index contributed by atoms with van der Waals surface area (Å²) < 4.78 is 0. The van der Waals surface area contributed by atoms with E-state index in [1.54, 1.807) is 24.3 Å². The molecule has 1 saturated heterocycles. The number of hydrogen-bond acceptors (Lipinski definition) is 4. The SMILES string of the molecule is Cc1cccc(CN2CCN(C(=O)CCN3C(=O)c4ccccc4C3=O)CC2)c1. The van der Waals surface area contributed by atoms with Gasteiger partial charge in [-0.05, 0) is 24.6 Å². The van der Waals surface area contributed by atoms with Crippen molar-refractivity contribution in [1.82, 2.24) is 14.7 Å². The maximum Gasteiger partial charge on any atom is 0.261 e. The predicted molar refractivity (Wildman–Crippen MR) is 109 cm³/mol. The first-order valence-corrected chi connectivity index (χ1v) is 10.0. The van der Waals surface area contributed by atoms with Gasteiger partial charge in [-0.15, -0.1) is 0 Å². The summed E-state index contributed by atoms with van der Waals surface area (Å²) in [7, 11) is 0. The number of carbonyl (C=O) groups is 3. The van der Waals surface area contributed by atoms with E-state index in [4.69, 9.17) is 0 Å². The molecule has 150 valence electrons. The van der Waals surface area contributed by atoms with Crippen molar-refractivity contribution in [2.24, 2.45) is 0 Å². The average molecular weight is 391 g/mol. The fourth-order valence-electron chi connectivity index (χ4n) is 4.03. The van der Waals surface area contributed by atoms with Crippen molar-refractivity contribution in [2.75, 3.05) is 32.7 Å². The molecule has 2 aliphatic rings. The normalized spacial score (nSPS) is 17.0. The Labute approximate surface area is 170 Å². The van der Waals surface area contributed by atoms with Crippen molar-refractivity contribution in [3.63, 3.8) is 0 Å². The number of piperazine rings is 1. The minimum Gasteiger partial charge on any atom is -0.340 e. The van der Waals surface area contributed by atoms with E-state index in [-0.39, 0.29) is 30.7 Å². The van der Waals surface area contributed by atoms with Crippen molar-refractivity contribution in [2.45, 2.75) is 19.9 Å². The molecule has 0 saturated carbocycles. The van der Waals surface area contributed by atoms with E-state index in [2.05, 4.69) is 36.1 Å². The lowest BCUT2D eigenvalue weighted by atomic mass is 10.1. The van der Waals surface area contributed by atoms with Gasteiger partial charge in [0, 0.05) is 45.7 Å². The topological polar surface area (TPSA) is 60.9 Å². The van der Waals surface area contributed by atoms with Crippen molar-refractivity contribution in [3.05, 3.63) is 70.8 Å². The van der Waals surface area contributed by atoms with Gasteiger partial charge in [0.25, 0.3) is 11.8 Å². The van der Waals surface area contributed by atoms with Crippen LogP contribution in [0.1, 0.15) is 38.3 Å². The Bertz CT molecular complexity index is 913. The molecule has 4 rings (SSSR count). The average Bonchev–Trinajstić information content (AvgIpc) is 2.97. The van der Waals surface area contributed by atoms with Gasteiger partial charge >= 0.3 is 0 Å². The Morgan fingerprint density at radius 2 is 1.55 bits per heavy atom. The van der Waals surface area contributed by atoms with Gasteiger partial charge < -0.3 is 4.90 Å². The van der Waals surface area contributed by atoms with Crippen LogP contribution in [0.2, 0.25) is 0 Å². The lowest BCUT2D eigenvalue weighted by molar-refractivity contribution is -0.133. The standard InChI is InChI=1S/C23H25N3O3/c1-17-5-4-6-18(15-17)16-24-11-13-25(14-12-24)21(27)9-10-26-22(28)19-7-2-3-8-20(19)23(26)29/h2-8,15H,9-14,16H2,1H3. The van der Waals surface area contributed by atoms with Gasteiger partial charge in [-0.2, -0.15) is 0 Å². The number of rotatable bonds is 5. The summed E-state index contributed by atoms with van der Waals surface area (Å²) in [5.41, 5.74) is 3.39. The van der Waals surface area contributed by atoms with Gasteiger partial charge in [0.1, 0.15) is 0 Å². The highest BCUT2D eigenvalue weighted by Gasteiger charge is 2.35. The molecule has 6 heteroatoms. The van der Waals surface area contributed by atoms with Crippen LogP contribution >= 0.6 is 0 Å². The van der Waals surface area contributed by atoms with E-state index in [1.165, 1.54) is 16.0 Å². The van der Waals surface area contributed by atoms with Crippen LogP contribution in [0.15, 0.2) is 48.5 Å². The van der Waals surface area contributed by atoms with Gasteiger partial charge in [-0.25, -0.2) is 0 Å². The molecule has 0 bridgehead atoms. The first-order chi connectivity index (χ1) is 14.0. The van der Waals surface area contributed by atoms with E-state index >= 15 is 0 Å². The summed E-state index contributed by atoms with van der Waals surface area (Å²) in [4.78, 5) is 42.8. The summed E-state index contributed by atoms with van der Waals surface area (Å²) >= 11 is 0. The van der Waals surface area contributed by atoms with Crippen LogP contribution in [-0.2, 0) is 11.3 Å². The largest absolute Gasteiger partial charge is 0.340 e. The molecule has 0 unspecified atom stereocenters. The van der Waals surface area contributed by atoms with Crippen LogP contribution in [-0.4, -0.2) is 65.1 Å². The second kappa shape index (κ2) is 8.17. The van der Waals surface area contributed by atoms with E-state index < -0.39 is 0 Å². The zero-order chi connectivity index (χ0) is 20.4.